The van der Waals surface area contributed by atoms with E-state index in [0.717, 1.165) is 75.6 Å². The molecule has 14 heterocycles. The van der Waals surface area contributed by atoms with Gasteiger partial charge in [0, 0.05) is 131 Å². The molecule has 4 atom stereocenters. The number of aryl methyl sites for hydroxylation is 2. The fraction of sp³-hybridized carbons (Fsp3) is 0.365. The average molecular weight is 2080 g/mol. The zero-order chi connectivity index (χ0) is 103. The summed E-state index contributed by atoms with van der Waals surface area (Å²) in [4.78, 5) is 140. The molecule has 8 aliphatic heterocycles. The van der Waals surface area contributed by atoms with Gasteiger partial charge in [0.25, 0.3) is 35.5 Å². The Bertz CT molecular complexity index is 6830. The van der Waals surface area contributed by atoms with Crippen LogP contribution >= 0.6 is 46.4 Å². The molecule has 764 valence electrons. The van der Waals surface area contributed by atoms with Gasteiger partial charge in [0.2, 0.25) is 47.4 Å². The minimum Gasteiger partial charge on any atom is -0.486 e. The third kappa shape index (κ3) is 22.3. The summed E-state index contributed by atoms with van der Waals surface area (Å²) >= 11 is 27.5. The van der Waals surface area contributed by atoms with Crippen LogP contribution in [0.1, 0.15) is 154 Å². The number of carbonyl (C=O) groups is 8. The van der Waals surface area contributed by atoms with Crippen LogP contribution in [-0.2, 0) is 19.2 Å². The Morgan fingerprint density at radius 3 is 1.05 bits per heavy atom. The van der Waals surface area contributed by atoms with Gasteiger partial charge in [0.05, 0.1) is 92.1 Å². The first-order valence-corrected chi connectivity index (χ1v) is 49.6. The Balaban J connectivity index is 0.000000133. The van der Waals surface area contributed by atoms with Crippen molar-refractivity contribution in [3.63, 3.8) is 0 Å². The molecule has 4 saturated heterocycles. The maximum atomic E-state index is 14.3. The number of carbonyl (C=O) groups excluding carboxylic acids is 8. The molecule has 4 N–H and O–H groups in total. The fourth-order valence-electron chi connectivity index (χ4n) is 19.6. The van der Waals surface area contributed by atoms with Gasteiger partial charge < -0.3 is 76.1 Å². The first kappa shape index (κ1) is 103. The van der Waals surface area contributed by atoms with E-state index < -0.39 is 38.1 Å². The van der Waals surface area contributed by atoms with Gasteiger partial charge in [-0.05, 0) is 170 Å². The smallest absolute Gasteiger partial charge is 0.298 e. The highest BCUT2D eigenvalue weighted by atomic mass is 35.5. The first-order chi connectivity index (χ1) is 70.3. The summed E-state index contributed by atoms with van der Waals surface area (Å²) in [5.74, 6) is -4.62. The number of amides is 8. The van der Waals surface area contributed by atoms with Crippen LogP contribution in [-0.4, -0.2) is 246 Å². The van der Waals surface area contributed by atoms with E-state index in [2.05, 4.69) is 62.5 Å². The summed E-state index contributed by atoms with van der Waals surface area (Å²) in [6.07, 6.45) is 18.2. The largest absolute Gasteiger partial charge is 0.486 e. The number of nitrogens with zero attached hydrogens (tertiary/aromatic N) is 16. The highest BCUT2D eigenvalue weighted by Gasteiger charge is 2.43. The van der Waals surface area contributed by atoms with Crippen molar-refractivity contribution in [2.45, 2.75) is 127 Å². The Labute approximate surface area is 857 Å². The van der Waals surface area contributed by atoms with Gasteiger partial charge in [-0.3, -0.25) is 69.6 Å². The van der Waals surface area contributed by atoms with Gasteiger partial charge >= 0.3 is 0 Å². The fourth-order valence-corrected chi connectivity index (χ4v) is 21.1. The van der Waals surface area contributed by atoms with Crippen LogP contribution in [0.2, 0.25) is 20.1 Å². The van der Waals surface area contributed by atoms with Crippen LogP contribution in [0.25, 0.3) is 44.1 Å². The summed E-state index contributed by atoms with van der Waals surface area (Å²) in [5, 5.41) is 12.8. The minimum atomic E-state index is -3.06. The van der Waals surface area contributed by atoms with E-state index in [0.29, 0.717) is 214 Å². The number of pyridine rings is 2. The predicted octanol–water partition coefficient (Wildman–Crippen LogP) is 18.6. The number of rotatable bonds is 16. The summed E-state index contributed by atoms with van der Waals surface area (Å²) < 4.78 is 98.8. The lowest BCUT2D eigenvalue weighted by Gasteiger charge is -2.27. The van der Waals surface area contributed by atoms with E-state index in [4.69, 9.17) is 89.8 Å². The predicted molar refractivity (Wildman–Crippen MR) is 550 cm³/mol. The molecule has 0 aliphatic carbocycles. The normalized spacial score (nSPS) is 18.5. The van der Waals surface area contributed by atoms with Gasteiger partial charge in [0.15, 0.2) is 42.0 Å². The van der Waals surface area contributed by atoms with Crippen molar-refractivity contribution in [2.24, 2.45) is 0 Å². The minimum absolute atomic E-state index is 0.126. The number of benzene rings is 6. The molecule has 34 nitrogen and oxygen atoms in total. The van der Waals surface area contributed by atoms with E-state index in [9.17, 15) is 55.9 Å². The maximum absolute atomic E-state index is 14.3. The molecule has 4 fully saturated rings. The Morgan fingerprint density at radius 2 is 0.692 bits per heavy atom. The van der Waals surface area contributed by atoms with Crippen LogP contribution in [0, 0.1) is 13.8 Å². The summed E-state index contributed by atoms with van der Waals surface area (Å²) in [5.41, 5.74) is 8.17. The SMILES string of the molecule is C=CC(=O)N1CCCC[C@@H](n2c(NC(=O)c3ccccc3)nc3cc4c(c(Cl)c32)N(C)CC(F)(F)CO4)C1.C=CC(=O)N1CCCC[C@@H](n2c(NC(=O)c3ccccc3)nc3cc4c(c(Cl)c32)OCC(F)(F)CN4C)C1.C=CC(=O)N1CCCC[C@@H](n2c(NC(=O)c3ccnc(C)c3)nc3cc4c(c(Cl)c32)OCCO4)C1.C=CC(=O)N1CCCC[C@@H](n2c(NC(=O)c3ccnc(C)c3)nc3cc4c(c(Cl)c32)OCCO4)C1. The lowest BCUT2D eigenvalue weighted by molar-refractivity contribution is -0.127. The third-order valence-electron chi connectivity index (χ3n) is 26.4. The zero-order valence-corrected chi connectivity index (χ0v) is 83.7. The summed E-state index contributed by atoms with van der Waals surface area (Å²) in [6, 6.07) is 30.0. The second kappa shape index (κ2) is 44.6. The number of anilines is 6. The number of likely N-dealkylation sites (tertiary alicyclic amines) is 4. The number of ether oxygens (including phenoxy) is 6. The Kier molecular flexibility index (Phi) is 31.4. The molecule has 0 saturated carbocycles. The summed E-state index contributed by atoms with van der Waals surface area (Å²) in [7, 11) is 3.08. The average Bonchev–Trinajstić information content (AvgIpc) is 1.58. The van der Waals surface area contributed by atoms with Crippen molar-refractivity contribution in [1.82, 2.24) is 67.8 Å². The molecule has 20 rings (SSSR count). The number of fused-ring (bicyclic) bond motifs is 8. The van der Waals surface area contributed by atoms with Gasteiger partial charge in [-0.1, -0.05) is 109 Å². The molecule has 0 spiro atoms. The van der Waals surface area contributed by atoms with Crippen molar-refractivity contribution < 1.29 is 84.3 Å². The molecule has 0 bridgehead atoms. The monoisotopic (exact) mass is 2080 g/mol. The molecule has 6 aromatic heterocycles. The van der Waals surface area contributed by atoms with Crippen molar-refractivity contribution in [1.29, 1.82) is 0 Å². The molecule has 42 heteroatoms. The van der Waals surface area contributed by atoms with E-state index in [1.807, 2.05) is 39.7 Å². The van der Waals surface area contributed by atoms with Crippen LogP contribution in [0.3, 0.4) is 0 Å². The second-order valence-electron chi connectivity index (χ2n) is 36.7. The molecular formula is C104H108Cl4F4N20O14. The highest BCUT2D eigenvalue weighted by Crippen LogP contribution is 2.52. The molecule has 0 radical (unpaired) electrons. The molecular weight excluding hydrogens is 1970 g/mol. The first-order valence-electron chi connectivity index (χ1n) is 48.1. The molecule has 146 heavy (non-hydrogen) atoms. The van der Waals surface area contributed by atoms with Gasteiger partial charge in [-0.25, -0.2) is 37.5 Å². The van der Waals surface area contributed by atoms with Crippen LogP contribution in [0.15, 0.2) is 172 Å². The number of nitrogens with one attached hydrogen (secondary N) is 4. The number of aromatic nitrogens is 10. The maximum Gasteiger partial charge on any atom is 0.298 e. The van der Waals surface area contributed by atoms with Gasteiger partial charge in [-0.2, -0.15) is 0 Å². The van der Waals surface area contributed by atoms with Crippen LogP contribution in [0.5, 0.6) is 34.5 Å². The van der Waals surface area contributed by atoms with Crippen molar-refractivity contribution in [3.05, 3.63) is 226 Å². The number of hydrogen-bond acceptors (Lipinski definition) is 22. The number of alkyl halides is 4. The molecule has 8 aliphatic rings. The van der Waals surface area contributed by atoms with E-state index >= 15 is 0 Å². The van der Waals surface area contributed by atoms with E-state index in [-0.39, 0.29) is 105 Å². The molecule has 8 amide bonds. The van der Waals surface area contributed by atoms with Gasteiger partial charge in [-0.15, -0.1) is 0 Å². The van der Waals surface area contributed by atoms with Crippen LogP contribution < -0.4 is 59.5 Å². The Morgan fingerprint density at radius 1 is 0.377 bits per heavy atom. The third-order valence-corrected chi connectivity index (χ3v) is 27.8. The quantitative estimate of drug-likeness (QED) is 0.0515. The lowest BCUT2D eigenvalue weighted by atomic mass is 10.1. The number of hydrogen-bond donors (Lipinski definition) is 4. The molecule has 12 aromatic rings. The standard InChI is InChI=1S/2C27H28ClF2N5O3.2C25H26ClN5O4/c1-3-21(36)34-12-8-7-11-18(14-34)35-23-19(31-26(35)32-25(37)17-9-5-4-6-10-17)13-20-24(22(23)28)33(2)15-27(29,30)16-38-20;1-3-21(36)34-12-8-7-11-18(14-34)35-23-19(31-26(35)32-25(37)17-9-5-4-6-10-17)13-20-24(22(23)28)38-16-27(29,30)15-33(20)2;2*1-3-20(32)30-9-5-4-6-17(14-30)31-22-18(13-19-23(21(22)26)35-11-10-34-19)28-25(31)29-24(33)16-7-8-27-15(2)12-16/h2*3-6,9-10,13,18H,1,7-8,11-12,14-16H2,2H3,(H,31,32,37);2*3,7-8,12-13,17H,1,4-6,9-11,14H2,2H3,(H,28,29,33)/t2*18-;2*17-/m1111/s1. The van der Waals surface area contributed by atoms with E-state index in [1.165, 1.54) is 41.2 Å². The molecule has 6 aromatic carbocycles. The Hall–Kier alpha value is -14.5. The lowest BCUT2D eigenvalue weighted by Crippen LogP contribution is -2.36. The van der Waals surface area contributed by atoms with E-state index in [1.54, 1.807) is 141 Å². The second-order valence-corrected chi connectivity index (χ2v) is 38.2. The van der Waals surface area contributed by atoms with Crippen LogP contribution in [0.4, 0.5) is 52.7 Å². The van der Waals surface area contributed by atoms with Crippen molar-refractivity contribution in [2.75, 3.05) is 150 Å². The van der Waals surface area contributed by atoms with Crippen molar-refractivity contribution in [3.8, 4) is 34.5 Å². The number of imidazole rings is 4. The molecule has 0 unspecified atom stereocenters. The van der Waals surface area contributed by atoms with Gasteiger partial charge in [0.1, 0.15) is 52.9 Å². The number of halogens is 8. The zero-order valence-electron chi connectivity index (χ0n) is 80.7. The summed E-state index contributed by atoms with van der Waals surface area (Å²) in [6.45, 7) is 21.1. The van der Waals surface area contributed by atoms with Crippen molar-refractivity contribution >= 4 is 173 Å². The topological polar surface area (TPSA) is 357 Å². The highest BCUT2D eigenvalue weighted by molar-refractivity contribution is 6.39.